The number of ether oxygens (including phenoxy) is 1. The summed E-state index contributed by atoms with van der Waals surface area (Å²) in [6.07, 6.45) is 5.32. The number of aryl methyl sites for hydroxylation is 1. The van der Waals surface area contributed by atoms with Gasteiger partial charge < -0.3 is 9.30 Å². The van der Waals surface area contributed by atoms with Crippen molar-refractivity contribution in [2.75, 3.05) is 19.5 Å². The molecule has 10 heteroatoms. The van der Waals surface area contributed by atoms with Gasteiger partial charge in [0, 0.05) is 34.8 Å². The molecule has 5 rings (SSSR count). The third-order valence-corrected chi connectivity index (χ3v) is 7.03. The molecule has 162 valence electrons. The molecule has 0 amide bonds. The molecule has 31 heavy (non-hydrogen) atoms. The molecule has 0 unspecified atom stereocenters. The van der Waals surface area contributed by atoms with E-state index >= 15 is 0 Å². The fraction of sp³-hybridized carbons (Fsp3) is 0.381. The lowest BCUT2D eigenvalue weighted by molar-refractivity contribution is -0.107. The number of nitrogens with zero attached hydrogens (tertiary/aromatic N) is 5. The number of halogens is 1. The molecule has 4 heterocycles. The second kappa shape index (κ2) is 7.29. The number of benzene rings is 1. The van der Waals surface area contributed by atoms with Crippen LogP contribution in [0.4, 0.5) is 0 Å². The summed E-state index contributed by atoms with van der Waals surface area (Å²) in [4.78, 5) is 8.97. The van der Waals surface area contributed by atoms with Gasteiger partial charge in [0.2, 0.25) is 0 Å². The summed E-state index contributed by atoms with van der Waals surface area (Å²) in [5.74, 6) is 0.786. The zero-order chi connectivity index (χ0) is 21.8. The SMILES string of the molecule is CC1(CCn2c(Cn3nc(S(C)(=O)=O)c4ccncc43)nc3cc(Cl)ccc32)COC1. The molecular weight excluding hydrogens is 438 g/mol. The highest BCUT2D eigenvalue weighted by molar-refractivity contribution is 7.90. The Hall–Kier alpha value is -2.49. The van der Waals surface area contributed by atoms with Gasteiger partial charge in [0.05, 0.1) is 42.5 Å². The van der Waals surface area contributed by atoms with Gasteiger partial charge >= 0.3 is 0 Å². The van der Waals surface area contributed by atoms with E-state index in [2.05, 4.69) is 21.6 Å². The average Bonchev–Trinajstić information content (AvgIpc) is 3.23. The molecule has 0 saturated carbocycles. The number of pyridine rings is 1. The van der Waals surface area contributed by atoms with E-state index in [1.807, 2.05) is 18.2 Å². The molecule has 3 aromatic heterocycles. The van der Waals surface area contributed by atoms with Gasteiger partial charge in [0.25, 0.3) is 0 Å². The van der Waals surface area contributed by atoms with Gasteiger partial charge in [-0.25, -0.2) is 13.4 Å². The molecule has 1 saturated heterocycles. The Labute approximate surface area is 184 Å². The average molecular weight is 460 g/mol. The molecular formula is C21H22ClN5O3S. The summed E-state index contributed by atoms with van der Waals surface area (Å²) in [5, 5.41) is 5.64. The molecule has 0 aliphatic carbocycles. The topological polar surface area (TPSA) is 91.9 Å². The van der Waals surface area contributed by atoms with E-state index in [0.717, 1.165) is 49.3 Å². The predicted molar refractivity (Wildman–Crippen MR) is 118 cm³/mol. The zero-order valence-corrected chi connectivity index (χ0v) is 18.8. The summed E-state index contributed by atoms with van der Waals surface area (Å²) in [5.41, 5.74) is 2.60. The number of fused-ring (bicyclic) bond motifs is 2. The normalized spacial score (nSPS) is 16.1. The Balaban J connectivity index is 1.60. The van der Waals surface area contributed by atoms with Crippen LogP contribution in [0.3, 0.4) is 0 Å². The van der Waals surface area contributed by atoms with Crippen LogP contribution in [-0.2, 0) is 27.7 Å². The lowest BCUT2D eigenvalue weighted by atomic mass is 9.85. The van der Waals surface area contributed by atoms with Gasteiger partial charge in [-0.1, -0.05) is 18.5 Å². The first kappa shape index (κ1) is 20.4. The minimum Gasteiger partial charge on any atom is -0.380 e. The highest BCUT2D eigenvalue weighted by Crippen LogP contribution is 2.32. The van der Waals surface area contributed by atoms with Crippen LogP contribution in [0.5, 0.6) is 0 Å². The highest BCUT2D eigenvalue weighted by Gasteiger charge is 2.33. The number of sulfone groups is 1. The van der Waals surface area contributed by atoms with E-state index in [-0.39, 0.29) is 10.4 Å². The summed E-state index contributed by atoms with van der Waals surface area (Å²) in [7, 11) is -3.48. The van der Waals surface area contributed by atoms with Gasteiger partial charge in [0.1, 0.15) is 5.82 Å². The maximum absolute atomic E-state index is 12.3. The molecule has 1 aliphatic heterocycles. The maximum atomic E-state index is 12.3. The second-order valence-electron chi connectivity index (χ2n) is 8.49. The van der Waals surface area contributed by atoms with E-state index < -0.39 is 9.84 Å². The van der Waals surface area contributed by atoms with Crippen molar-refractivity contribution in [1.82, 2.24) is 24.3 Å². The number of aromatic nitrogens is 5. The zero-order valence-electron chi connectivity index (χ0n) is 17.2. The fourth-order valence-corrected chi connectivity index (χ4v) is 5.00. The van der Waals surface area contributed by atoms with Crippen LogP contribution < -0.4 is 0 Å². The van der Waals surface area contributed by atoms with Crippen molar-refractivity contribution in [2.24, 2.45) is 5.41 Å². The molecule has 8 nitrogen and oxygen atoms in total. The van der Waals surface area contributed by atoms with Crippen LogP contribution >= 0.6 is 11.6 Å². The molecule has 0 atom stereocenters. The number of hydrogen-bond donors (Lipinski definition) is 0. The molecule has 0 N–H and O–H groups in total. The Bertz CT molecular complexity index is 1410. The molecule has 0 radical (unpaired) electrons. The smallest absolute Gasteiger partial charge is 0.195 e. The van der Waals surface area contributed by atoms with Crippen LogP contribution in [-0.4, -0.2) is 52.2 Å². The molecule has 1 aliphatic rings. The van der Waals surface area contributed by atoms with Gasteiger partial charge in [-0.2, -0.15) is 5.10 Å². The summed E-state index contributed by atoms with van der Waals surface area (Å²) >= 11 is 6.20. The summed E-state index contributed by atoms with van der Waals surface area (Å²) < 4.78 is 33.8. The van der Waals surface area contributed by atoms with Crippen molar-refractivity contribution in [3.05, 3.63) is 47.5 Å². The highest BCUT2D eigenvalue weighted by atomic mass is 35.5. The monoisotopic (exact) mass is 459 g/mol. The first-order valence-corrected chi connectivity index (χ1v) is 12.2. The standard InChI is InChI=1S/C21H22ClN5O3S/c1-21(12-30-13-21)6-8-26-17-4-3-14(22)9-16(17)24-19(26)11-27-18-10-23-7-5-15(18)20(25-27)31(2,28)29/h3-5,7,9-10H,6,8,11-13H2,1-2H3. The van der Waals surface area contributed by atoms with Crippen molar-refractivity contribution in [3.63, 3.8) is 0 Å². The lowest BCUT2D eigenvalue weighted by Crippen LogP contribution is -2.40. The quantitative estimate of drug-likeness (QED) is 0.439. The van der Waals surface area contributed by atoms with Gasteiger partial charge in [-0.3, -0.25) is 9.67 Å². The van der Waals surface area contributed by atoms with Gasteiger partial charge in [0.15, 0.2) is 14.9 Å². The summed E-state index contributed by atoms with van der Waals surface area (Å²) in [6.45, 7) is 4.82. The van der Waals surface area contributed by atoms with Crippen LogP contribution in [0.15, 0.2) is 41.7 Å². The van der Waals surface area contributed by atoms with Gasteiger partial charge in [-0.15, -0.1) is 0 Å². The van der Waals surface area contributed by atoms with Crippen molar-refractivity contribution in [2.45, 2.75) is 31.5 Å². The largest absolute Gasteiger partial charge is 0.380 e. The molecule has 1 aromatic carbocycles. The molecule has 0 spiro atoms. The Kier molecular flexibility index (Phi) is 4.80. The third-order valence-electron chi connectivity index (χ3n) is 5.79. The number of hydrogen-bond acceptors (Lipinski definition) is 6. The van der Waals surface area contributed by atoms with Crippen molar-refractivity contribution < 1.29 is 13.2 Å². The van der Waals surface area contributed by atoms with Crippen molar-refractivity contribution >= 4 is 43.4 Å². The summed E-state index contributed by atoms with van der Waals surface area (Å²) in [6, 6.07) is 7.35. The van der Waals surface area contributed by atoms with E-state index in [1.54, 1.807) is 23.1 Å². The third kappa shape index (κ3) is 3.71. The molecule has 4 aromatic rings. The minimum atomic E-state index is -3.48. The van der Waals surface area contributed by atoms with E-state index in [0.29, 0.717) is 22.5 Å². The van der Waals surface area contributed by atoms with E-state index in [4.69, 9.17) is 21.3 Å². The van der Waals surface area contributed by atoms with Crippen molar-refractivity contribution in [3.8, 4) is 0 Å². The van der Waals surface area contributed by atoms with Crippen molar-refractivity contribution in [1.29, 1.82) is 0 Å². The predicted octanol–water partition coefficient (Wildman–Crippen LogP) is 3.31. The van der Waals surface area contributed by atoms with Crippen LogP contribution in [0.25, 0.3) is 21.9 Å². The maximum Gasteiger partial charge on any atom is 0.195 e. The first-order valence-electron chi connectivity index (χ1n) is 9.97. The number of rotatable bonds is 6. The fourth-order valence-electron chi connectivity index (χ4n) is 4.02. The lowest BCUT2D eigenvalue weighted by Gasteiger charge is -2.38. The Morgan fingerprint density at radius 2 is 2.03 bits per heavy atom. The van der Waals surface area contributed by atoms with E-state index in [1.165, 1.54) is 0 Å². The first-order chi connectivity index (χ1) is 14.7. The van der Waals surface area contributed by atoms with E-state index in [9.17, 15) is 8.42 Å². The van der Waals surface area contributed by atoms with Crippen LogP contribution in [0, 0.1) is 5.41 Å². The Morgan fingerprint density at radius 1 is 1.23 bits per heavy atom. The Morgan fingerprint density at radius 3 is 2.74 bits per heavy atom. The number of imidazole rings is 1. The molecule has 0 bridgehead atoms. The van der Waals surface area contributed by atoms with Gasteiger partial charge in [-0.05, 0) is 30.7 Å². The minimum absolute atomic E-state index is 0.0507. The van der Waals surface area contributed by atoms with Crippen LogP contribution in [0.1, 0.15) is 19.2 Å². The second-order valence-corrected chi connectivity index (χ2v) is 10.9. The molecule has 1 fully saturated rings. The van der Waals surface area contributed by atoms with Crippen LogP contribution in [0.2, 0.25) is 5.02 Å².